The van der Waals surface area contributed by atoms with Crippen LogP contribution >= 0.6 is 23.4 Å². The average Bonchev–Trinajstić information content (AvgIpc) is 3.47. The van der Waals surface area contributed by atoms with Gasteiger partial charge in [-0.1, -0.05) is 48.2 Å². The molecule has 1 atom stereocenters. The first-order valence-electron chi connectivity index (χ1n) is 11.4. The molecule has 3 aliphatic rings. The molecule has 7 nitrogen and oxygen atoms in total. The zero-order valence-corrected chi connectivity index (χ0v) is 20.8. The molecule has 1 N–H and O–H groups in total. The Balaban J connectivity index is 1.54. The fraction of sp³-hybridized carbons (Fsp3) is 0.400. The molecule has 3 heterocycles. The molecule has 0 radical (unpaired) electrons. The number of rotatable bonds is 9. The fourth-order valence-electron chi connectivity index (χ4n) is 4.39. The van der Waals surface area contributed by atoms with Crippen molar-refractivity contribution in [1.29, 1.82) is 0 Å². The van der Waals surface area contributed by atoms with Gasteiger partial charge in [0, 0.05) is 23.8 Å². The molecule has 0 saturated carbocycles. The third-order valence-electron chi connectivity index (χ3n) is 6.03. The Labute approximate surface area is 209 Å². The SMILES string of the molecule is C=CCOC(=O)C1=C(C)N=C2SC=C(CC(=O)NCCN3CCCC3)N2C1c1ccc(Cl)cc1. The van der Waals surface area contributed by atoms with Crippen LogP contribution in [0.2, 0.25) is 5.02 Å². The van der Waals surface area contributed by atoms with Crippen molar-refractivity contribution in [2.24, 2.45) is 4.99 Å². The van der Waals surface area contributed by atoms with Crippen LogP contribution < -0.4 is 5.32 Å². The second kappa shape index (κ2) is 11.3. The zero-order chi connectivity index (χ0) is 24.1. The quantitative estimate of drug-likeness (QED) is 0.403. The maximum Gasteiger partial charge on any atom is 0.338 e. The lowest BCUT2D eigenvalue weighted by Crippen LogP contribution is -2.39. The van der Waals surface area contributed by atoms with Crippen LogP contribution in [0.15, 0.2) is 64.3 Å². The van der Waals surface area contributed by atoms with E-state index in [1.165, 1.54) is 30.7 Å². The standard InChI is InChI=1S/C25H29ClN4O3S/c1-3-14-33-24(32)22-17(2)28-25-30(23(22)18-6-8-19(26)9-7-18)20(16-34-25)15-21(31)27-10-13-29-11-4-5-12-29/h3,6-9,16,23H,1,4-5,10-15H2,2H3,(H,27,31). The topological polar surface area (TPSA) is 74.2 Å². The van der Waals surface area contributed by atoms with E-state index in [1.54, 1.807) is 19.1 Å². The van der Waals surface area contributed by atoms with Crippen molar-refractivity contribution in [1.82, 2.24) is 15.1 Å². The first-order chi connectivity index (χ1) is 16.5. The number of amides is 1. The molecule has 3 aliphatic heterocycles. The number of nitrogens with one attached hydrogen (secondary N) is 1. The van der Waals surface area contributed by atoms with Gasteiger partial charge < -0.3 is 19.9 Å². The van der Waals surface area contributed by atoms with E-state index >= 15 is 0 Å². The summed E-state index contributed by atoms with van der Waals surface area (Å²) in [6.07, 6.45) is 4.19. The summed E-state index contributed by atoms with van der Waals surface area (Å²) in [5, 5.41) is 6.31. The fourth-order valence-corrected chi connectivity index (χ4v) is 5.48. The van der Waals surface area contributed by atoms with Crippen LogP contribution in [0.3, 0.4) is 0 Å². The number of allylic oxidation sites excluding steroid dienone is 1. The van der Waals surface area contributed by atoms with Gasteiger partial charge in [0.2, 0.25) is 5.91 Å². The minimum absolute atomic E-state index is 0.0517. The molecule has 180 valence electrons. The number of carbonyl (C=O) groups is 2. The van der Waals surface area contributed by atoms with Gasteiger partial charge in [-0.25, -0.2) is 9.79 Å². The lowest BCUT2D eigenvalue weighted by Gasteiger charge is -2.36. The van der Waals surface area contributed by atoms with Crippen LogP contribution in [0.1, 0.15) is 37.8 Å². The molecule has 0 spiro atoms. The number of nitrogens with zero attached hydrogens (tertiary/aromatic N) is 3. The summed E-state index contributed by atoms with van der Waals surface area (Å²) in [4.78, 5) is 34.8. The summed E-state index contributed by atoms with van der Waals surface area (Å²) in [5.74, 6) is -0.504. The summed E-state index contributed by atoms with van der Waals surface area (Å²) in [5.41, 5.74) is 2.70. The van der Waals surface area contributed by atoms with Crippen LogP contribution in [0.4, 0.5) is 0 Å². The molecule has 4 rings (SSSR count). The van der Waals surface area contributed by atoms with Crippen LogP contribution in [-0.2, 0) is 14.3 Å². The molecule has 1 aromatic rings. The summed E-state index contributed by atoms with van der Waals surface area (Å²) < 4.78 is 5.40. The number of benzene rings is 1. The molecular weight excluding hydrogens is 472 g/mol. The van der Waals surface area contributed by atoms with Crippen molar-refractivity contribution in [3.05, 3.63) is 69.9 Å². The molecule has 1 aromatic carbocycles. The van der Waals surface area contributed by atoms with Gasteiger partial charge in [-0.2, -0.15) is 0 Å². The van der Waals surface area contributed by atoms with Gasteiger partial charge >= 0.3 is 5.97 Å². The Morgan fingerprint density at radius 1 is 1.29 bits per heavy atom. The van der Waals surface area contributed by atoms with E-state index in [1.807, 2.05) is 22.4 Å². The Bertz CT molecular complexity index is 1040. The normalized spacial score (nSPS) is 20.1. The van der Waals surface area contributed by atoms with Gasteiger partial charge in [0.25, 0.3) is 0 Å². The number of hydrogen-bond acceptors (Lipinski definition) is 7. The Morgan fingerprint density at radius 2 is 2.03 bits per heavy atom. The Hall–Kier alpha value is -2.55. The van der Waals surface area contributed by atoms with Crippen LogP contribution in [0.5, 0.6) is 0 Å². The number of hydrogen-bond donors (Lipinski definition) is 1. The van der Waals surface area contributed by atoms with Gasteiger partial charge in [0.15, 0.2) is 5.17 Å². The number of esters is 1. The molecule has 1 fully saturated rings. The number of fused-ring (bicyclic) bond motifs is 1. The number of aliphatic imine (C=N–C) groups is 1. The maximum atomic E-state index is 13.0. The van der Waals surface area contributed by atoms with Crippen molar-refractivity contribution in [3.63, 3.8) is 0 Å². The van der Waals surface area contributed by atoms with E-state index in [0.717, 1.165) is 36.1 Å². The number of thioether (sulfide) groups is 1. The van der Waals surface area contributed by atoms with Crippen LogP contribution in [-0.4, -0.2) is 59.6 Å². The Kier molecular flexibility index (Phi) is 8.13. The molecule has 9 heteroatoms. The number of ether oxygens (including phenoxy) is 1. The predicted molar refractivity (Wildman–Crippen MR) is 136 cm³/mol. The lowest BCUT2D eigenvalue weighted by molar-refractivity contribution is -0.138. The minimum Gasteiger partial charge on any atom is -0.458 e. The minimum atomic E-state index is -0.472. The highest BCUT2D eigenvalue weighted by molar-refractivity contribution is 8.16. The van der Waals surface area contributed by atoms with Crippen molar-refractivity contribution < 1.29 is 14.3 Å². The second-order valence-electron chi connectivity index (χ2n) is 8.41. The van der Waals surface area contributed by atoms with E-state index in [2.05, 4.69) is 21.8 Å². The van der Waals surface area contributed by atoms with E-state index in [4.69, 9.17) is 16.3 Å². The molecule has 1 amide bonds. The first-order valence-corrected chi connectivity index (χ1v) is 12.7. The van der Waals surface area contributed by atoms with E-state index in [9.17, 15) is 9.59 Å². The summed E-state index contributed by atoms with van der Waals surface area (Å²) in [6.45, 7) is 9.23. The van der Waals surface area contributed by atoms with E-state index in [0.29, 0.717) is 22.8 Å². The highest BCUT2D eigenvalue weighted by Gasteiger charge is 2.41. The van der Waals surface area contributed by atoms with Crippen molar-refractivity contribution in [3.8, 4) is 0 Å². The maximum absolute atomic E-state index is 13.0. The summed E-state index contributed by atoms with van der Waals surface area (Å²) >= 11 is 7.58. The van der Waals surface area contributed by atoms with Gasteiger partial charge in [0.1, 0.15) is 6.61 Å². The molecule has 1 unspecified atom stereocenters. The monoisotopic (exact) mass is 500 g/mol. The molecule has 0 aromatic heterocycles. The van der Waals surface area contributed by atoms with Crippen molar-refractivity contribution in [2.45, 2.75) is 32.2 Å². The lowest BCUT2D eigenvalue weighted by atomic mass is 9.94. The molecule has 34 heavy (non-hydrogen) atoms. The third-order valence-corrected chi connectivity index (χ3v) is 7.17. The predicted octanol–water partition coefficient (Wildman–Crippen LogP) is 4.25. The molecule has 0 aliphatic carbocycles. The highest BCUT2D eigenvalue weighted by Crippen LogP contribution is 2.44. The summed E-state index contributed by atoms with van der Waals surface area (Å²) in [7, 11) is 0. The average molecular weight is 501 g/mol. The van der Waals surface area contributed by atoms with Gasteiger partial charge in [0.05, 0.1) is 23.7 Å². The number of likely N-dealkylation sites (tertiary alicyclic amines) is 1. The van der Waals surface area contributed by atoms with E-state index in [-0.39, 0.29) is 18.9 Å². The number of amidine groups is 1. The largest absolute Gasteiger partial charge is 0.458 e. The number of halogens is 1. The Morgan fingerprint density at radius 3 is 2.74 bits per heavy atom. The van der Waals surface area contributed by atoms with Crippen LogP contribution in [0.25, 0.3) is 0 Å². The van der Waals surface area contributed by atoms with Gasteiger partial charge in [-0.15, -0.1) is 0 Å². The van der Waals surface area contributed by atoms with Crippen molar-refractivity contribution in [2.75, 3.05) is 32.8 Å². The second-order valence-corrected chi connectivity index (χ2v) is 9.68. The van der Waals surface area contributed by atoms with Gasteiger partial charge in [-0.05, 0) is 56.0 Å². The van der Waals surface area contributed by atoms with Crippen LogP contribution in [0, 0.1) is 0 Å². The van der Waals surface area contributed by atoms with Gasteiger partial charge in [-0.3, -0.25) is 4.79 Å². The zero-order valence-electron chi connectivity index (χ0n) is 19.3. The van der Waals surface area contributed by atoms with E-state index < -0.39 is 12.0 Å². The summed E-state index contributed by atoms with van der Waals surface area (Å²) in [6, 6.07) is 6.89. The smallest absolute Gasteiger partial charge is 0.338 e. The highest BCUT2D eigenvalue weighted by atomic mass is 35.5. The molecule has 1 saturated heterocycles. The number of carbonyl (C=O) groups excluding carboxylic acids is 2. The third kappa shape index (κ3) is 5.56. The van der Waals surface area contributed by atoms with Crippen molar-refractivity contribution >= 4 is 40.4 Å². The molecular formula is C25H29ClN4O3S. The molecule has 0 bridgehead atoms. The first kappa shape index (κ1) is 24.6.